The summed E-state index contributed by atoms with van der Waals surface area (Å²) in [6.07, 6.45) is 1.88. The van der Waals surface area contributed by atoms with E-state index in [2.05, 4.69) is 126 Å². The summed E-state index contributed by atoms with van der Waals surface area (Å²) in [6.45, 7) is 15.6. The molecule has 4 aromatic carbocycles. The first-order chi connectivity index (χ1) is 21.0. The Kier molecular flexibility index (Phi) is 9.19. The number of rotatable bonds is 6. The molecule has 1 N–H and O–H groups in total. The monoisotopic (exact) mass is 773 g/mol. The molecule has 0 aliphatic carbocycles. The van der Waals surface area contributed by atoms with E-state index in [1.807, 2.05) is 24.4 Å². The maximum atomic E-state index is 11.1. The summed E-state index contributed by atoms with van der Waals surface area (Å²) in [6, 6.07) is 34.5. The fraction of sp³-hybridized carbons (Fsp3) is 0.250. The third kappa shape index (κ3) is 6.13. The van der Waals surface area contributed by atoms with Crippen molar-refractivity contribution in [1.29, 1.82) is 0 Å². The zero-order chi connectivity index (χ0) is 31.2. The van der Waals surface area contributed by atoms with Crippen molar-refractivity contribution < 1.29 is 26.2 Å². The first-order valence-corrected chi connectivity index (χ1v) is 15.5. The fourth-order valence-electron chi connectivity index (χ4n) is 5.98. The van der Waals surface area contributed by atoms with Crippen LogP contribution in [0.25, 0.3) is 50.5 Å². The van der Waals surface area contributed by atoms with Crippen molar-refractivity contribution >= 4 is 11.0 Å². The van der Waals surface area contributed by atoms with E-state index in [1.165, 1.54) is 16.7 Å². The van der Waals surface area contributed by atoms with Gasteiger partial charge < -0.3 is 5.11 Å². The van der Waals surface area contributed by atoms with Gasteiger partial charge in [0.05, 0.1) is 22.3 Å². The van der Waals surface area contributed by atoms with Crippen LogP contribution in [0.2, 0.25) is 0 Å². The van der Waals surface area contributed by atoms with Crippen LogP contribution in [0.5, 0.6) is 5.75 Å². The van der Waals surface area contributed by atoms with Gasteiger partial charge in [-0.1, -0.05) is 108 Å². The van der Waals surface area contributed by atoms with E-state index in [0.29, 0.717) is 17.4 Å². The summed E-state index contributed by atoms with van der Waals surface area (Å²) in [5.41, 5.74) is 11.2. The molecule has 0 bridgehead atoms. The van der Waals surface area contributed by atoms with Crippen LogP contribution in [0.15, 0.2) is 97.2 Å². The quantitative estimate of drug-likeness (QED) is 0.172. The maximum Gasteiger partial charge on any atom is 0.148 e. The number of benzene rings is 4. The topological polar surface area (TPSA) is 50.9 Å². The van der Waals surface area contributed by atoms with Crippen molar-refractivity contribution in [3.63, 3.8) is 0 Å². The first kappa shape index (κ1) is 32.4. The van der Waals surface area contributed by atoms with Gasteiger partial charge in [-0.2, -0.15) is 0 Å². The summed E-state index contributed by atoms with van der Waals surface area (Å²) < 4.78 is 2.26. The average Bonchev–Trinajstić information content (AvgIpc) is 3.39. The van der Waals surface area contributed by atoms with Gasteiger partial charge >= 0.3 is 0 Å². The number of hydrogen-bond donors (Lipinski definition) is 1. The summed E-state index contributed by atoms with van der Waals surface area (Å²) in [4.78, 5) is 10.0. The zero-order valence-electron chi connectivity index (χ0n) is 27.0. The smallest absolute Gasteiger partial charge is 0.148 e. The molecule has 0 fully saturated rings. The van der Waals surface area contributed by atoms with Crippen molar-refractivity contribution in [2.24, 2.45) is 0 Å². The molecule has 0 atom stereocenters. The number of phenolic OH excluding ortho intramolecular Hbond substituents is 1. The van der Waals surface area contributed by atoms with Gasteiger partial charge in [-0.25, -0.2) is 4.98 Å². The van der Waals surface area contributed by atoms with Gasteiger partial charge in [0.2, 0.25) is 0 Å². The van der Waals surface area contributed by atoms with Gasteiger partial charge in [0.25, 0.3) is 0 Å². The van der Waals surface area contributed by atoms with Crippen LogP contribution in [0.3, 0.4) is 0 Å². The Hall–Kier alpha value is -4.01. The van der Waals surface area contributed by atoms with Gasteiger partial charge in [-0.05, 0) is 58.2 Å². The summed E-state index contributed by atoms with van der Waals surface area (Å²) in [5, 5.41) is 11.1. The minimum atomic E-state index is 0. The van der Waals surface area contributed by atoms with Crippen molar-refractivity contribution in [3.05, 3.63) is 120 Å². The van der Waals surface area contributed by atoms with Crippen LogP contribution in [0.4, 0.5) is 0 Å². The van der Waals surface area contributed by atoms with Crippen LogP contribution in [0.1, 0.15) is 77.0 Å². The Labute approximate surface area is 281 Å². The Bertz CT molecular complexity index is 1950. The Morgan fingerprint density at radius 2 is 1.36 bits per heavy atom. The van der Waals surface area contributed by atoms with Crippen LogP contribution in [0, 0.1) is 6.07 Å². The number of imidazole rings is 1. The normalized spacial score (nSPS) is 11.8. The minimum absolute atomic E-state index is 0. The molecular formula is C40H40N3OPt-. The number of pyridine rings is 1. The van der Waals surface area contributed by atoms with Gasteiger partial charge in [-0.3, -0.25) is 9.55 Å². The number of fused-ring (bicyclic) bond motifs is 1. The Balaban J connectivity index is 0.00000400. The van der Waals surface area contributed by atoms with E-state index < -0.39 is 0 Å². The van der Waals surface area contributed by atoms with E-state index >= 15 is 0 Å². The van der Waals surface area contributed by atoms with Crippen LogP contribution in [-0.2, 0) is 26.5 Å². The Morgan fingerprint density at radius 1 is 0.733 bits per heavy atom. The van der Waals surface area contributed by atoms with E-state index in [1.54, 1.807) is 6.07 Å². The summed E-state index contributed by atoms with van der Waals surface area (Å²) in [5.74, 6) is 1.51. The van der Waals surface area contributed by atoms with E-state index in [-0.39, 0.29) is 32.2 Å². The Morgan fingerprint density at radius 3 is 2.02 bits per heavy atom. The molecule has 0 spiro atoms. The third-order valence-electron chi connectivity index (χ3n) is 8.38. The van der Waals surface area contributed by atoms with Crippen molar-refractivity contribution in [3.8, 4) is 45.2 Å². The van der Waals surface area contributed by atoms with Gasteiger partial charge in [-0.15, -0.1) is 29.8 Å². The van der Waals surface area contributed by atoms with E-state index in [4.69, 9.17) is 9.97 Å². The van der Waals surface area contributed by atoms with Gasteiger partial charge in [0, 0.05) is 33.0 Å². The van der Waals surface area contributed by atoms with Crippen molar-refractivity contribution in [2.45, 2.75) is 65.7 Å². The molecule has 0 saturated heterocycles. The van der Waals surface area contributed by atoms with Crippen molar-refractivity contribution in [2.75, 3.05) is 0 Å². The molecule has 6 aromatic rings. The van der Waals surface area contributed by atoms with Crippen LogP contribution in [-0.4, -0.2) is 19.6 Å². The summed E-state index contributed by atoms with van der Waals surface area (Å²) in [7, 11) is 0. The second-order valence-electron chi connectivity index (χ2n) is 13.2. The van der Waals surface area contributed by atoms with Crippen LogP contribution < -0.4 is 0 Å². The second kappa shape index (κ2) is 12.8. The second-order valence-corrected chi connectivity index (χ2v) is 13.2. The molecular weight excluding hydrogens is 734 g/mol. The van der Waals surface area contributed by atoms with E-state index in [0.717, 1.165) is 44.9 Å². The van der Waals surface area contributed by atoms with Gasteiger partial charge in [0.15, 0.2) is 0 Å². The molecule has 45 heavy (non-hydrogen) atoms. The molecule has 2 aromatic heterocycles. The molecule has 232 valence electrons. The van der Waals surface area contributed by atoms with Crippen molar-refractivity contribution in [1.82, 2.24) is 14.5 Å². The molecule has 6 rings (SSSR count). The number of aromatic nitrogens is 3. The predicted octanol–water partition coefficient (Wildman–Crippen LogP) is 10.5. The molecule has 5 heteroatoms. The average molecular weight is 774 g/mol. The number of nitrogens with zero attached hydrogens (tertiary/aromatic N) is 3. The molecule has 4 nitrogen and oxygen atoms in total. The molecule has 0 aliphatic rings. The molecule has 0 unspecified atom stereocenters. The first-order valence-electron chi connectivity index (χ1n) is 15.5. The predicted molar refractivity (Wildman–Crippen MR) is 183 cm³/mol. The molecule has 0 amide bonds. The molecule has 0 aliphatic heterocycles. The standard InChI is InChI=1S/C40H40N3O.Pt/c1-25(2)30-16-11-17-31(26(3)4)38(30)43-35-19-12-18-32(37(35)42-39(43)33-15-8-9-20-36(33)44)27-13-10-14-28(23-27)34-24-29(21-22-41-34)40(5,6)7;/h8-22,24-26,44H,1-7H3;/q-1;. The number of para-hydroxylation sites is 3. The fourth-order valence-corrected chi connectivity index (χ4v) is 5.98. The maximum absolute atomic E-state index is 11.1. The minimum Gasteiger partial charge on any atom is -0.507 e. The molecule has 0 saturated carbocycles. The van der Waals surface area contributed by atoms with Gasteiger partial charge in [0.1, 0.15) is 11.6 Å². The molecule has 2 heterocycles. The SMILES string of the molecule is CC(C)c1cccc(C(C)C)c1-n1c(-c2ccccc2O)nc2c(-c3[c-]c(-c4cc(C(C)(C)C)ccn4)ccc3)cccc21.[Pt]. The number of hydrogen-bond acceptors (Lipinski definition) is 3. The number of phenols is 1. The third-order valence-corrected chi connectivity index (χ3v) is 8.38. The van der Waals surface area contributed by atoms with Crippen LogP contribution >= 0.6 is 0 Å². The summed E-state index contributed by atoms with van der Waals surface area (Å²) >= 11 is 0. The largest absolute Gasteiger partial charge is 0.507 e. The zero-order valence-corrected chi connectivity index (χ0v) is 29.3. The van der Waals surface area contributed by atoms with E-state index in [9.17, 15) is 5.11 Å². The number of aromatic hydroxyl groups is 1. The molecule has 0 radical (unpaired) electrons.